The summed E-state index contributed by atoms with van der Waals surface area (Å²) in [5, 5.41) is 3.20. The molecule has 1 atom stereocenters. The Bertz CT molecular complexity index is 708. The highest BCUT2D eigenvalue weighted by molar-refractivity contribution is 5.76. The van der Waals surface area contributed by atoms with Crippen molar-refractivity contribution in [1.82, 2.24) is 10.2 Å². The van der Waals surface area contributed by atoms with Gasteiger partial charge in [0.1, 0.15) is 0 Å². The van der Waals surface area contributed by atoms with Crippen LogP contribution in [0.15, 0.2) is 54.6 Å². The van der Waals surface area contributed by atoms with Crippen molar-refractivity contribution in [3.05, 3.63) is 65.7 Å². The first-order valence-electron chi connectivity index (χ1n) is 9.55. The Balaban J connectivity index is 1.42. The summed E-state index contributed by atoms with van der Waals surface area (Å²) < 4.78 is 0. The highest BCUT2D eigenvalue weighted by Crippen LogP contribution is 2.24. The zero-order chi connectivity index (χ0) is 18.4. The lowest BCUT2D eigenvalue weighted by Crippen LogP contribution is -2.45. The van der Waals surface area contributed by atoms with Crippen LogP contribution >= 0.6 is 0 Å². The highest BCUT2D eigenvalue weighted by Gasteiger charge is 2.24. The summed E-state index contributed by atoms with van der Waals surface area (Å²) in [6.45, 7) is 4.30. The molecule has 1 unspecified atom stereocenters. The average molecular weight is 351 g/mol. The number of anilines is 1. The molecule has 0 aromatic heterocycles. The van der Waals surface area contributed by atoms with E-state index in [4.69, 9.17) is 5.73 Å². The molecule has 1 fully saturated rings. The van der Waals surface area contributed by atoms with Crippen LogP contribution in [-0.2, 0) is 11.2 Å². The lowest BCUT2D eigenvalue weighted by molar-refractivity contribution is -0.122. The van der Waals surface area contributed by atoms with Gasteiger partial charge in [0.05, 0.1) is 0 Å². The van der Waals surface area contributed by atoms with E-state index in [-0.39, 0.29) is 11.9 Å². The van der Waals surface area contributed by atoms with E-state index < -0.39 is 0 Å². The first-order valence-corrected chi connectivity index (χ1v) is 9.55. The Hall–Kier alpha value is -2.33. The van der Waals surface area contributed by atoms with Gasteiger partial charge in [0, 0.05) is 37.3 Å². The molecule has 2 aromatic carbocycles. The van der Waals surface area contributed by atoms with Gasteiger partial charge in [-0.2, -0.15) is 0 Å². The van der Waals surface area contributed by atoms with Crippen LogP contribution in [0.25, 0.3) is 0 Å². The molecule has 0 saturated carbocycles. The molecular formula is C22H29N3O. The number of carbonyl (C=O) groups excluding carboxylic acids is 1. The Morgan fingerprint density at radius 1 is 1.12 bits per heavy atom. The van der Waals surface area contributed by atoms with Gasteiger partial charge in [-0.3, -0.25) is 9.69 Å². The maximum Gasteiger partial charge on any atom is 0.220 e. The number of nitrogens with two attached hydrogens (primary N) is 1. The summed E-state index contributed by atoms with van der Waals surface area (Å²) in [4.78, 5) is 14.8. The Kier molecular flexibility index (Phi) is 6.29. The van der Waals surface area contributed by atoms with Gasteiger partial charge in [0.25, 0.3) is 0 Å². The zero-order valence-corrected chi connectivity index (χ0v) is 15.5. The summed E-state index contributed by atoms with van der Waals surface area (Å²) >= 11 is 0. The Morgan fingerprint density at radius 3 is 2.46 bits per heavy atom. The molecular weight excluding hydrogens is 322 g/mol. The van der Waals surface area contributed by atoms with Gasteiger partial charge in [-0.15, -0.1) is 0 Å². The molecule has 1 heterocycles. The number of nitrogens with one attached hydrogen (secondary N) is 1. The molecule has 0 radical (unpaired) electrons. The van der Waals surface area contributed by atoms with Crippen molar-refractivity contribution in [2.45, 2.75) is 44.7 Å². The van der Waals surface area contributed by atoms with Crippen LogP contribution in [0.3, 0.4) is 0 Å². The molecule has 138 valence electrons. The van der Waals surface area contributed by atoms with E-state index in [9.17, 15) is 4.79 Å². The molecule has 1 saturated heterocycles. The number of rotatable bonds is 6. The van der Waals surface area contributed by atoms with Crippen LogP contribution in [0, 0.1) is 0 Å². The van der Waals surface area contributed by atoms with Crippen LogP contribution in [0.2, 0.25) is 0 Å². The van der Waals surface area contributed by atoms with E-state index in [2.05, 4.69) is 47.5 Å². The number of para-hydroxylation sites is 1. The zero-order valence-electron chi connectivity index (χ0n) is 15.5. The van der Waals surface area contributed by atoms with E-state index in [1.807, 2.05) is 24.3 Å². The molecule has 26 heavy (non-hydrogen) atoms. The Labute approximate surface area is 156 Å². The second kappa shape index (κ2) is 8.86. The monoisotopic (exact) mass is 351 g/mol. The smallest absolute Gasteiger partial charge is 0.220 e. The summed E-state index contributed by atoms with van der Waals surface area (Å²) in [6, 6.07) is 19.1. The van der Waals surface area contributed by atoms with Crippen LogP contribution in [-0.4, -0.2) is 29.9 Å². The molecule has 0 bridgehead atoms. The lowest BCUT2D eigenvalue weighted by atomic mass is 10.00. The quantitative estimate of drug-likeness (QED) is 0.783. The van der Waals surface area contributed by atoms with Crippen molar-refractivity contribution >= 4 is 11.6 Å². The van der Waals surface area contributed by atoms with Gasteiger partial charge in [0.15, 0.2) is 0 Å². The summed E-state index contributed by atoms with van der Waals surface area (Å²) in [6.07, 6.45) is 3.21. The summed E-state index contributed by atoms with van der Waals surface area (Å²) in [5.74, 6) is 0.128. The fourth-order valence-electron chi connectivity index (χ4n) is 3.68. The largest absolute Gasteiger partial charge is 0.399 e. The summed E-state index contributed by atoms with van der Waals surface area (Å²) in [7, 11) is 0. The molecule has 3 rings (SSSR count). The molecule has 0 aliphatic carbocycles. The van der Waals surface area contributed by atoms with Crippen molar-refractivity contribution < 1.29 is 4.79 Å². The molecule has 1 amide bonds. The first kappa shape index (κ1) is 18.5. The SMILES string of the molecule is CC(c1ccccc1)N1CCC(NC(=O)CCc2ccccc2N)CC1. The predicted molar refractivity (Wildman–Crippen MR) is 107 cm³/mol. The minimum Gasteiger partial charge on any atom is -0.399 e. The van der Waals surface area contributed by atoms with Crippen LogP contribution in [0.4, 0.5) is 5.69 Å². The summed E-state index contributed by atoms with van der Waals surface area (Å²) in [5.41, 5.74) is 9.12. The van der Waals surface area contributed by atoms with Gasteiger partial charge >= 0.3 is 0 Å². The molecule has 4 nitrogen and oxygen atoms in total. The van der Waals surface area contributed by atoms with Gasteiger partial charge in [0.2, 0.25) is 5.91 Å². The maximum atomic E-state index is 12.3. The van der Waals surface area contributed by atoms with Crippen LogP contribution in [0.5, 0.6) is 0 Å². The number of hydrogen-bond acceptors (Lipinski definition) is 3. The van der Waals surface area contributed by atoms with E-state index in [0.717, 1.165) is 37.2 Å². The van der Waals surface area contributed by atoms with E-state index in [1.54, 1.807) is 0 Å². The minimum absolute atomic E-state index is 0.128. The molecule has 4 heteroatoms. The normalized spacial score (nSPS) is 17.0. The average Bonchev–Trinajstić information content (AvgIpc) is 2.68. The van der Waals surface area contributed by atoms with E-state index in [1.165, 1.54) is 5.56 Å². The van der Waals surface area contributed by atoms with Gasteiger partial charge < -0.3 is 11.1 Å². The van der Waals surface area contributed by atoms with Crippen molar-refractivity contribution in [3.8, 4) is 0 Å². The van der Waals surface area contributed by atoms with Gasteiger partial charge in [-0.25, -0.2) is 0 Å². The topological polar surface area (TPSA) is 58.4 Å². The third-order valence-corrected chi connectivity index (χ3v) is 5.40. The molecule has 2 aromatic rings. The second-order valence-electron chi connectivity index (χ2n) is 7.16. The van der Waals surface area contributed by atoms with Gasteiger partial charge in [-0.1, -0.05) is 48.5 Å². The number of carbonyl (C=O) groups is 1. The number of piperidine rings is 1. The van der Waals surface area contributed by atoms with Crippen molar-refractivity contribution in [1.29, 1.82) is 0 Å². The van der Waals surface area contributed by atoms with Gasteiger partial charge in [-0.05, 0) is 43.4 Å². The number of hydrogen-bond donors (Lipinski definition) is 2. The molecule has 3 N–H and O–H groups in total. The lowest BCUT2D eigenvalue weighted by Gasteiger charge is -2.36. The van der Waals surface area contributed by atoms with Crippen molar-refractivity contribution in [2.75, 3.05) is 18.8 Å². The fraction of sp³-hybridized carbons (Fsp3) is 0.409. The molecule has 1 aliphatic rings. The van der Waals surface area contributed by atoms with Crippen molar-refractivity contribution in [3.63, 3.8) is 0 Å². The van der Waals surface area contributed by atoms with E-state index >= 15 is 0 Å². The van der Waals surface area contributed by atoms with Crippen LogP contribution in [0.1, 0.15) is 43.4 Å². The number of nitrogens with zero attached hydrogens (tertiary/aromatic N) is 1. The standard InChI is InChI=1S/C22H29N3O/c1-17(18-7-3-2-4-8-18)25-15-13-20(14-16-25)24-22(26)12-11-19-9-5-6-10-21(19)23/h2-10,17,20H,11-16,23H2,1H3,(H,24,26). The number of aryl methyl sites for hydroxylation is 1. The minimum atomic E-state index is 0.128. The number of likely N-dealkylation sites (tertiary alicyclic amines) is 1. The highest BCUT2D eigenvalue weighted by atomic mass is 16.1. The van der Waals surface area contributed by atoms with Crippen LogP contribution < -0.4 is 11.1 Å². The maximum absolute atomic E-state index is 12.3. The Morgan fingerprint density at radius 2 is 1.77 bits per heavy atom. The second-order valence-corrected chi connectivity index (χ2v) is 7.16. The number of nitrogen functional groups attached to an aromatic ring is 1. The third-order valence-electron chi connectivity index (χ3n) is 5.40. The first-order chi connectivity index (χ1) is 12.6. The fourth-order valence-corrected chi connectivity index (χ4v) is 3.68. The van der Waals surface area contributed by atoms with E-state index in [0.29, 0.717) is 18.9 Å². The number of amides is 1. The molecule has 0 spiro atoms. The number of benzene rings is 2. The predicted octanol–water partition coefficient (Wildman–Crippen LogP) is 3.54. The third kappa shape index (κ3) is 4.85. The van der Waals surface area contributed by atoms with Crippen molar-refractivity contribution in [2.24, 2.45) is 0 Å². The molecule has 1 aliphatic heterocycles.